The van der Waals surface area contributed by atoms with Gasteiger partial charge in [-0.15, -0.1) is 0 Å². The summed E-state index contributed by atoms with van der Waals surface area (Å²) in [6, 6.07) is 3.23. The number of rotatable bonds is 3. The Balaban J connectivity index is 2.18. The highest BCUT2D eigenvalue weighted by Gasteiger charge is 2.26. The van der Waals surface area contributed by atoms with Crippen LogP contribution >= 0.6 is 0 Å². The Hall–Kier alpha value is -2.90. The fraction of sp³-hybridized carbons (Fsp3) is 0.375. The molecule has 8 nitrogen and oxygen atoms in total. The van der Waals surface area contributed by atoms with Crippen LogP contribution in [0.1, 0.15) is 30.6 Å². The molecule has 1 saturated heterocycles. The van der Waals surface area contributed by atoms with Crippen molar-refractivity contribution in [2.75, 3.05) is 18.1 Å². The Bertz CT molecular complexity index is 890. The number of aromatic nitrogens is 2. The number of carboxylic acid groups (broad SMARTS) is 1. The molecule has 3 heterocycles. The van der Waals surface area contributed by atoms with Crippen molar-refractivity contribution in [1.29, 1.82) is 0 Å². The number of pyridine rings is 2. The molecule has 2 aromatic rings. The Morgan fingerprint density at radius 3 is 2.67 bits per heavy atom. The molecule has 0 radical (unpaired) electrons. The zero-order valence-corrected chi connectivity index (χ0v) is 13.5. The second kappa shape index (κ2) is 5.95. The van der Waals surface area contributed by atoms with Crippen molar-refractivity contribution in [3.8, 4) is 0 Å². The lowest BCUT2D eigenvalue weighted by molar-refractivity contribution is -0.128. The van der Waals surface area contributed by atoms with Crippen molar-refractivity contribution >= 4 is 28.7 Å². The minimum absolute atomic E-state index is 0.0662. The molecule has 0 unspecified atom stereocenters. The lowest BCUT2D eigenvalue weighted by atomic mass is 10.2. The Morgan fingerprint density at radius 1 is 1.29 bits per heavy atom. The third-order valence-electron chi connectivity index (χ3n) is 4.14. The molecule has 1 aliphatic rings. The van der Waals surface area contributed by atoms with Crippen molar-refractivity contribution in [2.24, 2.45) is 0 Å². The Labute approximate surface area is 137 Å². The number of carbonyl (C=O) groups excluding carboxylic acids is 1. The van der Waals surface area contributed by atoms with E-state index in [0.717, 1.165) is 6.42 Å². The molecule has 0 atom stereocenters. The molecule has 1 aliphatic heterocycles. The number of amides is 1. The van der Waals surface area contributed by atoms with Gasteiger partial charge in [0.05, 0.1) is 5.39 Å². The highest BCUT2D eigenvalue weighted by molar-refractivity contribution is 5.92. The van der Waals surface area contributed by atoms with Gasteiger partial charge in [0, 0.05) is 32.8 Å². The summed E-state index contributed by atoms with van der Waals surface area (Å²) >= 11 is 0. The first-order valence-corrected chi connectivity index (χ1v) is 7.77. The number of carbonyl (C=O) groups is 2. The van der Waals surface area contributed by atoms with Crippen LogP contribution in [0.15, 0.2) is 23.1 Å². The molecule has 0 aliphatic carbocycles. The number of carboxylic acids is 1. The summed E-state index contributed by atoms with van der Waals surface area (Å²) < 4.78 is 1.64. The van der Waals surface area contributed by atoms with E-state index in [1.54, 1.807) is 26.7 Å². The first kappa shape index (κ1) is 16.0. The van der Waals surface area contributed by atoms with Crippen molar-refractivity contribution in [2.45, 2.75) is 26.8 Å². The molecular weight excluding hydrogens is 312 g/mol. The topological polar surface area (TPSA) is 95.7 Å². The SMILES string of the molecule is CCn1cc(C(=O)O)c(=O)c2ccc(N3CCCN3C(C)=O)nc21. The summed E-state index contributed by atoms with van der Waals surface area (Å²) in [5.41, 5.74) is -0.406. The normalized spacial score (nSPS) is 14.4. The van der Waals surface area contributed by atoms with E-state index in [-0.39, 0.29) is 16.9 Å². The van der Waals surface area contributed by atoms with Gasteiger partial charge in [-0.3, -0.25) is 19.6 Å². The molecule has 2 aromatic heterocycles. The van der Waals surface area contributed by atoms with Crippen LogP contribution in [0.4, 0.5) is 5.82 Å². The number of hydrogen-bond acceptors (Lipinski definition) is 5. The van der Waals surface area contributed by atoms with Gasteiger partial charge in [-0.1, -0.05) is 0 Å². The fourth-order valence-corrected chi connectivity index (χ4v) is 2.97. The minimum Gasteiger partial charge on any atom is -0.477 e. The van der Waals surface area contributed by atoms with E-state index in [2.05, 4.69) is 4.98 Å². The summed E-state index contributed by atoms with van der Waals surface area (Å²) in [5.74, 6) is -0.751. The summed E-state index contributed by atoms with van der Waals surface area (Å²) in [6.07, 6.45) is 2.16. The van der Waals surface area contributed by atoms with E-state index in [9.17, 15) is 19.5 Å². The highest BCUT2D eigenvalue weighted by atomic mass is 16.4. The predicted molar refractivity (Wildman–Crippen MR) is 88.0 cm³/mol. The number of anilines is 1. The van der Waals surface area contributed by atoms with E-state index in [1.807, 2.05) is 6.92 Å². The molecular formula is C16H18N4O4. The van der Waals surface area contributed by atoms with E-state index in [4.69, 9.17) is 0 Å². The van der Waals surface area contributed by atoms with E-state index < -0.39 is 11.4 Å². The molecule has 24 heavy (non-hydrogen) atoms. The first-order chi connectivity index (χ1) is 11.4. The quantitative estimate of drug-likeness (QED) is 0.905. The number of hydrogen-bond donors (Lipinski definition) is 1. The molecule has 1 amide bonds. The Morgan fingerprint density at radius 2 is 2.04 bits per heavy atom. The molecule has 0 bridgehead atoms. The average Bonchev–Trinajstić information content (AvgIpc) is 3.04. The zero-order chi connectivity index (χ0) is 17.4. The standard InChI is InChI=1S/C16H18N4O4/c1-3-18-9-12(16(23)24)14(22)11-5-6-13(17-15(11)18)20-8-4-7-19(20)10(2)21/h5-6,9H,3-4,7-8H2,1-2H3,(H,23,24). The summed E-state index contributed by atoms with van der Waals surface area (Å²) in [7, 11) is 0. The van der Waals surface area contributed by atoms with Crippen molar-refractivity contribution in [3.05, 3.63) is 34.1 Å². The molecule has 1 N–H and O–H groups in total. The smallest absolute Gasteiger partial charge is 0.341 e. The number of fused-ring (bicyclic) bond motifs is 1. The number of hydrazine groups is 1. The molecule has 126 valence electrons. The summed E-state index contributed by atoms with van der Waals surface area (Å²) in [6.45, 7) is 5.13. The van der Waals surface area contributed by atoms with Crippen LogP contribution in [0.25, 0.3) is 11.0 Å². The average molecular weight is 330 g/mol. The van der Waals surface area contributed by atoms with Crippen LogP contribution in [0, 0.1) is 0 Å². The lowest BCUT2D eigenvalue weighted by Crippen LogP contribution is -2.40. The number of aromatic carboxylic acids is 1. The molecule has 8 heteroatoms. The van der Waals surface area contributed by atoms with Crippen LogP contribution in [-0.2, 0) is 11.3 Å². The van der Waals surface area contributed by atoms with Gasteiger partial charge in [0.25, 0.3) is 0 Å². The second-order valence-electron chi connectivity index (χ2n) is 5.62. The summed E-state index contributed by atoms with van der Waals surface area (Å²) in [4.78, 5) is 39.8. The van der Waals surface area contributed by atoms with Crippen LogP contribution in [-0.4, -0.2) is 44.6 Å². The van der Waals surface area contributed by atoms with Gasteiger partial charge >= 0.3 is 5.97 Å². The maximum Gasteiger partial charge on any atom is 0.341 e. The predicted octanol–water partition coefficient (Wildman–Crippen LogP) is 1.09. The monoisotopic (exact) mass is 330 g/mol. The number of aryl methyl sites for hydroxylation is 1. The first-order valence-electron chi connectivity index (χ1n) is 7.77. The van der Waals surface area contributed by atoms with Gasteiger partial charge in [0.15, 0.2) is 0 Å². The van der Waals surface area contributed by atoms with Crippen LogP contribution in [0.5, 0.6) is 0 Å². The maximum absolute atomic E-state index is 12.3. The molecule has 3 rings (SSSR count). The van der Waals surface area contributed by atoms with Crippen LogP contribution < -0.4 is 10.4 Å². The van der Waals surface area contributed by atoms with Gasteiger partial charge in [-0.2, -0.15) is 0 Å². The number of nitrogens with zero attached hydrogens (tertiary/aromatic N) is 4. The van der Waals surface area contributed by atoms with Gasteiger partial charge in [0.1, 0.15) is 17.0 Å². The van der Waals surface area contributed by atoms with Crippen LogP contribution in [0.2, 0.25) is 0 Å². The fourth-order valence-electron chi connectivity index (χ4n) is 2.97. The van der Waals surface area contributed by atoms with E-state index >= 15 is 0 Å². The Kier molecular flexibility index (Phi) is 3.96. The minimum atomic E-state index is -1.25. The summed E-state index contributed by atoms with van der Waals surface area (Å²) in [5, 5.41) is 12.8. The molecule has 1 fully saturated rings. The van der Waals surface area contributed by atoms with E-state index in [1.165, 1.54) is 13.1 Å². The maximum atomic E-state index is 12.3. The molecule has 0 spiro atoms. The van der Waals surface area contributed by atoms with Crippen LogP contribution in [0.3, 0.4) is 0 Å². The third-order valence-corrected chi connectivity index (χ3v) is 4.14. The van der Waals surface area contributed by atoms with Gasteiger partial charge in [-0.25, -0.2) is 9.78 Å². The van der Waals surface area contributed by atoms with Crippen molar-refractivity contribution in [3.63, 3.8) is 0 Å². The van der Waals surface area contributed by atoms with Gasteiger partial charge in [0.2, 0.25) is 11.3 Å². The zero-order valence-electron chi connectivity index (χ0n) is 13.5. The van der Waals surface area contributed by atoms with Gasteiger partial charge < -0.3 is 9.67 Å². The lowest BCUT2D eigenvalue weighted by Gasteiger charge is -2.28. The molecule has 0 aromatic carbocycles. The van der Waals surface area contributed by atoms with Crippen molar-refractivity contribution in [1.82, 2.24) is 14.6 Å². The van der Waals surface area contributed by atoms with E-state index in [0.29, 0.717) is 31.1 Å². The third kappa shape index (κ3) is 2.49. The molecule has 0 saturated carbocycles. The van der Waals surface area contributed by atoms with Gasteiger partial charge in [-0.05, 0) is 25.5 Å². The van der Waals surface area contributed by atoms with Crippen molar-refractivity contribution < 1.29 is 14.7 Å². The highest BCUT2D eigenvalue weighted by Crippen LogP contribution is 2.22. The largest absolute Gasteiger partial charge is 0.477 e. The second-order valence-corrected chi connectivity index (χ2v) is 5.62.